The molecule has 5 heteroatoms. The molecule has 5 nitrogen and oxygen atoms in total. The maximum atomic E-state index is 11.9. The number of hydrogen-bond acceptors (Lipinski definition) is 3. The number of carbonyl (C=O) groups is 1. The number of rotatable bonds is 6. The van der Waals surface area contributed by atoms with Crippen molar-refractivity contribution in [1.29, 1.82) is 0 Å². The molecule has 106 valence electrons. The van der Waals surface area contributed by atoms with Gasteiger partial charge in [-0.1, -0.05) is 0 Å². The number of hydrogen-bond donors (Lipinski definition) is 2. The summed E-state index contributed by atoms with van der Waals surface area (Å²) in [6.07, 6.45) is 11.3. The van der Waals surface area contributed by atoms with E-state index in [2.05, 4.69) is 14.9 Å². The molecule has 2 rings (SSSR count). The molecule has 1 heterocycles. The predicted octanol–water partition coefficient (Wildman–Crippen LogP) is 1.61. The highest BCUT2D eigenvalue weighted by Gasteiger charge is 2.29. The Kier molecular flexibility index (Phi) is 4.96. The van der Waals surface area contributed by atoms with Crippen LogP contribution in [0.25, 0.3) is 0 Å². The first kappa shape index (κ1) is 14.1. The Morgan fingerprint density at radius 3 is 3.11 bits per heavy atom. The average molecular weight is 264 g/mol. The fraction of sp³-hybridized carbons (Fsp3) is 0.714. The van der Waals surface area contributed by atoms with Crippen LogP contribution >= 0.6 is 0 Å². The van der Waals surface area contributed by atoms with Gasteiger partial charge in [-0.25, -0.2) is 4.98 Å². The van der Waals surface area contributed by atoms with Gasteiger partial charge in [-0.15, -0.1) is 0 Å². The molecule has 1 saturated carbocycles. The molecule has 1 aromatic rings. The zero-order valence-corrected chi connectivity index (χ0v) is 11.6. The van der Waals surface area contributed by atoms with E-state index < -0.39 is 0 Å². The van der Waals surface area contributed by atoms with Crippen LogP contribution in [0.1, 0.15) is 51.5 Å². The quantitative estimate of drug-likeness (QED) is 0.820. The zero-order chi connectivity index (χ0) is 13.7. The van der Waals surface area contributed by atoms with E-state index in [1.165, 1.54) is 0 Å². The van der Waals surface area contributed by atoms with Gasteiger partial charge in [0.15, 0.2) is 0 Å². The lowest BCUT2D eigenvalue weighted by Gasteiger charge is -2.22. The van der Waals surface area contributed by atoms with Gasteiger partial charge in [0.1, 0.15) is 0 Å². The van der Waals surface area contributed by atoms with Gasteiger partial charge in [0, 0.05) is 30.9 Å². The molecule has 1 aliphatic rings. The summed E-state index contributed by atoms with van der Waals surface area (Å²) in [6.45, 7) is 1.98. The minimum Gasteiger partial charge on any atom is -0.351 e. The zero-order valence-electron chi connectivity index (χ0n) is 11.6. The molecule has 0 bridgehead atoms. The number of nitrogens with two attached hydrogens (primary N) is 1. The lowest BCUT2D eigenvalue weighted by Crippen LogP contribution is -2.38. The van der Waals surface area contributed by atoms with Crippen molar-refractivity contribution in [2.45, 2.75) is 63.6 Å². The van der Waals surface area contributed by atoms with E-state index >= 15 is 0 Å². The van der Waals surface area contributed by atoms with Gasteiger partial charge in [0.2, 0.25) is 5.91 Å². The van der Waals surface area contributed by atoms with E-state index in [9.17, 15) is 4.79 Å². The fourth-order valence-electron chi connectivity index (χ4n) is 2.79. The summed E-state index contributed by atoms with van der Waals surface area (Å²) < 4.78 is 2.11. The lowest BCUT2D eigenvalue weighted by molar-refractivity contribution is -0.122. The predicted molar refractivity (Wildman–Crippen MR) is 74.5 cm³/mol. The minimum absolute atomic E-state index is 0.151. The first-order valence-electron chi connectivity index (χ1n) is 7.19. The van der Waals surface area contributed by atoms with Gasteiger partial charge < -0.3 is 15.6 Å². The van der Waals surface area contributed by atoms with E-state index in [0.717, 1.165) is 32.1 Å². The highest BCUT2D eigenvalue weighted by atomic mass is 16.1. The van der Waals surface area contributed by atoms with Crippen molar-refractivity contribution in [3.8, 4) is 0 Å². The van der Waals surface area contributed by atoms with Crippen molar-refractivity contribution in [2.75, 3.05) is 0 Å². The van der Waals surface area contributed by atoms with Crippen LogP contribution in [0.2, 0.25) is 0 Å². The third-order valence-electron chi connectivity index (χ3n) is 3.80. The van der Waals surface area contributed by atoms with Crippen LogP contribution in [0.15, 0.2) is 18.7 Å². The highest BCUT2D eigenvalue weighted by Crippen LogP contribution is 2.29. The van der Waals surface area contributed by atoms with Crippen molar-refractivity contribution < 1.29 is 4.79 Å². The molecule has 0 saturated heterocycles. The Bertz CT molecular complexity index is 388. The summed E-state index contributed by atoms with van der Waals surface area (Å²) in [5.74, 6) is 0.151. The molecular weight excluding hydrogens is 240 g/mol. The third kappa shape index (κ3) is 4.06. The van der Waals surface area contributed by atoms with Gasteiger partial charge >= 0.3 is 0 Å². The molecule has 3 atom stereocenters. The molecule has 1 amide bonds. The second-order valence-corrected chi connectivity index (χ2v) is 5.55. The van der Waals surface area contributed by atoms with Crippen LogP contribution in [0.5, 0.6) is 0 Å². The maximum absolute atomic E-state index is 11.9. The monoisotopic (exact) mass is 264 g/mol. The molecule has 19 heavy (non-hydrogen) atoms. The van der Waals surface area contributed by atoms with Crippen molar-refractivity contribution in [3.05, 3.63) is 18.7 Å². The number of imidazole rings is 1. The first-order chi connectivity index (χ1) is 9.16. The van der Waals surface area contributed by atoms with E-state index in [1.807, 2.05) is 19.4 Å². The molecule has 1 aromatic heterocycles. The first-order valence-corrected chi connectivity index (χ1v) is 7.19. The smallest absolute Gasteiger partial charge is 0.220 e. The lowest BCUT2D eigenvalue weighted by atomic mass is 10.1. The van der Waals surface area contributed by atoms with Crippen molar-refractivity contribution in [1.82, 2.24) is 14.9 Å². The molecular formula is C14H24N4O. The molecule has 1 fully saturated rings. The fourth-order valence-corrected chi connectivity index (χ4v) is 2.79. The summed E-state index contributed by atoms with van der Waals surface area (Å²) >= 11 is 0. The number of aromatic nitrogens is 2. The molecule has 3 N–H and O–H groups in total. The second-order valence-electron chi connectivity index (χ2n) is 5.55. The largest absolute Gasteiger partial charge is 0.351 e. The number of nitrogens with zero attached hydrogens (tertiary/aromatic N) is 2. The molecule has 0 aliphatic heterocycles. The Labute approximate surface area is 114 Å². The van der Waals surface area contributed by atoms with Crippen LogP contribution in [-0.4, -0.2) is 27.5 Å². The normalized spacial score (nSPS) is 24.3. The molecule has 3 unspecified atom stereocenters. The van der Waals surface area contributed by atoms with Crippen LogP contribution in [0.4, 0.5) is 0 Å². The van der Waals surface area contributed by atoms with Gasteiger partial charge in [-0.2, -0.15) is 0 Å². The Morgan fingerprint density at radius 2 is 2.42 bits per heavy atom. The summed E-state index contributed by atoms with van der Waals surface area (Å²) in [4.78, 5) is 16.0. The van der Waals surface area contributed by atoms with Crippen LogP contribution in [-0.2, 0) is 4.79 Å². The van der Waals surface area contributed by atoms with E-state index in [-0.39, 0.29) is 18.0 Å². The van der Waals surface area contributed by atoms with Gasteiger partial charge in [-0.05, 0) is 39.0 Å². The SMILES string of the molecule is CC(N)CCCC(=O)NC1CCCC1n1ccnc1. The third-order valence-corrected chi connectivity index (χ3v) is 3.80. The van der Waals surface area contributed by atoms with Gasteiger partial charge in [-0.3, -0.25) is 4.79 Å². The standard InChI is InChI=1S/C14H24N4O/c1-11(15)4-2-7-14(19)17-12-5-3-6-13(12)18-9-8-16-10-18/h8-13H,2-7,15H2,1H3,(H,17,19). The molecule has 1 aliphatic carbocycles. The number of nitrogens with one attached hydrogen (secondary N) is 1. The summed E-state index contributed by atoms with van der Waals surface area (Å²) in [5, 5.41) is 3.16. The second kappa shape index (κ2) is 6.70. The number of carbonyl (C=O) groups excluding carboxylic acids is 1. The van der Waals surface area contributed by atoms with Crippen molar-refractivity contribution in [3.63, 3.8) is 0 Å². The van der Waals surface area contributed by atoms with Gasteiger partial charge in [0.05, 0.1) is 12.4 Å². The van der Waals surface area contributed by atoms with Crippen molar-refractivity contribution in [2.24, 2.45) is 5.73 Å². The summed E-state index contributed by atoms with van der Waals surface area (Å²) in [6, 6.07) is 0.787. The Balaban J connectivity index is 1.79. The van der Waals surface area contributed by atoms with E-state index in [4.69, 9.17) is 5.73 Å². The summed E-state index contributed by atoms with van der Waals surface area (Å²) in [7, 11) is 0. The van der Waals surface area contributed by atoms with Crippen LogP contribution in [0.3, 0.4) is 0 Å². The van der Waals surface area contributed by atoms with Gasteiger partial charge in [0.25, 0.3) is 0 Å². The minimum atomic E-state index is 0.151. The molecule has 0 spiro atoms. The van der Waals surface area contributed by atoms with Crippen LogP contribution in [0, 0.1) is 0 Å². The van der Waals surface area contributed by atoms with Crippen LogP contribution < -0.4 is 11.1 Å². The van der Waals surface area contributed by atoms with E-state index in [1.54, 1.807) is 6.20 Å². The Hall–Kier alpha value is -1.36. The average Bonchev–Trinajstić information content (AvgIpc) is 2.97. The highest BCUT2D eigenvalue weighted by molar-refractivity contribution is 5.76. The topological polar surface area (TPSA) is 72.9 Å². The Morgan fingerprint density at radius 1 is 1.58 bits per heavy atom. The van der Waals surface area contributed by atoms with E-state index in [0.29, 0.717) is 12.5 Å². The van der Waals surface area contributed by atoms with Crippen molar-refractivity contribution >= 4 is 5.91 Å². The number of amides is 1. The summed E-state index contributed by atoms with van der Waals surface area (Å²) in [5.41, 5.74) is 5.69. The molecule has 0 aromatic carbocycles. The molecule has 0 radical (unpaired) electrons. The maximum Gasteiger partial charge on any atom is 0.220 e.